The first kappa shape index (κ1) is 10.0. The smallest absolute Gasteiger partial charge is 0.307 e. The minimum atomic E-state index is -0.919. The highest BCUT2D eigenvalue weighted by molar-refractivity contribution is 6.30. The van der Waals surface area contributed by atoms with Gasteiger partial charge >= 0.3 is 5.97 Å². The first-order chi connectivity index (χ1) is 6.13. The van der Waals surface area contributed by atoms with Gasteiger partial charge in [-0.1, -0.05) is 17.7 Å². The zero-order valence-electron chi connectivity index (χ0n) is 6.83. The summed E-state index contributed by atoms with van der Waals surface area (Å²) in [6, 6.07) is 4.79. The summed E-state index contributed by atoms with van der Waals surface area (Å²) in [6.07, 6.45) is -0.0902. The number of aliphatic hydroxyl groups is 1. The Labute approximate surface area is 80.6 Å². The number of aliphatic carboxylic acids is 1. The third-order valence-corrected chi connectivity index (χ3v) is 1.92. The molecule has 0 aromatic heterocycles. The highest BCUT2D eigenvalue weighted by Gasteiger charge is 2.06. The first-order valence-electron chi connectivity index (χ1n) is 3.73. The van der Waals surface area contributed by atoms with E-state index in [1.807, 2.05) is 0 Å². The second-order valence-corrected chi connectivity index (χ2v) is 3.08. The van der Waals surface area contributed by atoms with E-state index >= 15 is 0 Å². The molecule has 70 valence electrons. The number of carboxylic acid groups (broad SMARTS) is 1. The van der Waals surface area contributed by atoms with Crippen LogP contribution in [0.2, 0.25) is 5.02 Å². The van der Waals surface area contributed by atoms with Crippen LogP contribution in [-0.2, 0) is 17.8 Å². The average Bonchev–Trinajstić information content (AvgIpc) is 2.07. The molecule has 0 aliphatic heterocycles. The first-order valence-corrected chi connectivity index (χ1v) is 4.11. The predicted molar refractivity (Wildman–Crippen MR) is 48.7 cm³/mol. The zero-order valence-corrected chi connectivity index (χ0v) is 7.58. The molecule has 3 nitrogen and oxygen atoms in total. The molecule has 0 aliphatic carbocycles. The summed E-state index contributed by atoms with van der Waals surface area (Å²) >= 11 is 5.67. The summed E-state index contributed by atoms with van der Waals surface area (Å²) in [7, 11) is 0. The van der Waals surface area contributed by atoms with Crippen LogP contribution in [0, 0.1) is 0 Å². The number of carboxylic acids is 1. The van der Waals surface area contributed by atoms with Gasteiger partial charge < -0.3 is 10.2 Å². The molecule has 4 heteroatoms. The normalized spacial score (nSPS) is 10.0. The van der Waals surface area contributed by atoms with E-state index in [1.165, 1.54) is 0 Å². The third kappa shape index (κ3) is 2.72. The Morgan fingerprint density at radius 1 is 1.54 bits per heavy atom. The van der Waals surface area contributed by atoms with Crippen LogP contribution in [0.15, 0.2) is 18.2 Å². The summed E-state index contributed by atoms with van der Waals surface area (Å²) < 4.78 is 0. The van der Waals surface area contributed by atoms with Gasteiger partial charge in [-0.2, -0.15) is 0 Å². The lowest BCUT2D eigenvalue weighted by Gasteiger charge is -2.04. The molecule has 13 heavy (non-hydrogen) atoms. The predicted octanol–water partition coefficient (Wildman–Crippen LogP) is 1.46. The average molecular weight is 203 g/mol. The van der Waals surface area contributed by atoms with E-state index in [2.05, 4.69) is 0 Å². The highest BCUT2D eigenvalue weighted by Crippen LogP contribution is 2.16. The minimum Gasteiger partial charge on any atom is -0.481 e. The molecule has 0 fully saturated rings. The number of rotatable bonds is 3. The van der Waals surface area contributed by atoms with Crippen molar-refractivity contribution in [3.8, 4) is 0 Å². The van der Waals surface area contributed by atoms with Gasteiger partial charge in [0.25, 0.3) is 0 Å². The van der Waals surface area contributed by atoms with Gasteiger partial charge in [0.1, 0.15) is 0 Å². The molecule has 0 bridgehead atoms. The molecule has 0 aliphatic rings. The van der Waals surface area contributed by atoms with E-state index in [1.54, 1.807) is 18.2 Å². The molecule has 0 radical (unpaired) electrons. The fraction of sp³-hybridized carbons (Fsp3) is 0.222. The van der Waals surface area contributed by atoms with Gasteiger partial charge in [-0.05, 0) is 23.3 Å². The van der Waals surface area contributed by atoms with Crippen LogP contribution in [0.3, 0.4) is 0 Å². The molecule has 0 saturated heterocycles. The SMILES string of the molecule is O=C(O)Cc1ccc(Cl)c[14c]1CO. The molecule has 1 rings (SSSR count). The number of benzene rings is 1. The lowest BCUT2D eigenvalue weighted by molar-refractivity contribution is -0.136. The molecule has 0 spiro atoms. The lowest BCUT2D eigenvalue weighted by atomic mass is 10.2. The Kier molecular flexibility index (Phi) is 3.28. The fourth-order valence-corrected chi connectivity index (χ4v) is 1.27. The Hall–Kier alpha value is -1.06. The number of aliphatic hydroxyl groups excluding tert-OH is 1. The molecular weight excluding hydrogens is 194 g/mol. The van der Waals surface area contributed by atoms with Crippen LogP contribution in [0.25, 0.3) is 0 Å². The maximum atomic E-state index is 10.4. The van der Waals surface area contributed by atoms with Crippen molar-refractivity contribution in [3.63, 3.8) is 0 Å². The third-order valence-electron chi connectivity index (χ3n) is 1.68. The van der Waals surface area contributed by atoms with Crippen molar-refractivity contribution >= 4 is 17.6 Å². The number of halogens is 1. The fourth-order valence-electron chi connectivity index (χ4n) is 1.08. The van der Waals surface area contributed by atoms with E-state index in [9.17, 15) is 4.79 Å². The summed E-state index contributed by atoms with van der Waals surface area (Å²) in [5.41, 5.74) is 1.16. The quantitative estimate of drug-likeness (QED) is 0.780. The monoisotopic (exact) mass is 202 g/mol. The van der Waals surface area contributed by atoms with Crippen molar-refractivity contribution < 1.29 is 15.0 Å². The lowest BCUT2D eigenvalue weighted by Crippen LogP contribution is -2.03. The van der Waals surface area contributed by atoms with Crippen molar-refractivity contribution in [1.82, 2.24) is 0 Å². The van der Waals surface area contributed by atoms with Crippen molar-refractivity contribution in [3.05, 3.63) is 34.3 Å². The van der Waals surface area contributed by atoms with Gasteiger partial charge in [0.15, 0.2) is 0 Å². The van der Waals surface area contributed by atoms with Crippen LogP contribution in [0.4, 0.5) is 0 Å². The Balaban J connectivity index is 2.99. The standard InChI is InChI=1S/C9H9ClO3/c10-8-2-1-6(4-9(12)13)7(3-8)5-11/h1-3,11H,4-5H2,(H,12,13)/i7+2. The van der Waals surface area contributed by atoms with E-state index in [4.69, 9.17) is 21.8 Å². The van der Waals surface area contributed by atoms with Gasteiger partial charge in [-0.15, -0.1) is 0 Å². The largest absolute Gasteiger partial charge is 0.481 e. The topological polar surface area (TPSA) is 57.5 Å². The maximum absolute atomic E-state index is 10.4. The van der Waals surface area contributed by atoms with Crippen LogP contribution < -0.4 is 0 Å². The van der Waals surface area contributed by atoms with E-state index in [-0.39, 0.29) is 13.0 Å². The Morgan fingerprint density at radius 3 is 2.77 bits per heavy atom. The van der Waals surface area contributed by atoms with Crippen molar-refractivity contribution in [2.45, 2.75) is 13.0 Å². The van der Waals surface area contributed by atoms with Crippen molar-refractivity contribution in [2.75, 3.05) is 0 Å². The van der Waals surface area contributed by atoms with Crippen LogP contribution in [-0.4, -0.2) is 16.2 Å². The number of hydrogen-bond donors (Lipinski definition) is 2. The molecule has 0 unspecified atom stereocenters. The molecular formula is C9H9ClO3. The highest BCUT2D eigenvalue weighted by atomic mass is 35.5. The van der Waals surface area contributed by atoms with Gasteiger partial charge in [-0.3, -0.25) is 4.79 Å². The molecule has 0 heterocycles. The van der Waals surface area contributed by atoms with E-state index in [0.29, 0.717) is 16.1 Å². The zero-order chi connectivity index (χ0) is 9.84. The van der Waals surface area contributed by atoms with Crippen molar-refractivity contribution in [2.24, 2.45) is 0 Å². The summed E-state index contributed by atoms with van der Waals surface area (Å²) in [5.74, 6) is -0.919. The Morgan fingerprint density at radius 2 is 2.23 bits per heavy atom. The van der Waals surface area contributed by atoms with Gasteiger partial charge in [0, 0.05) is 5.02 Å². The van der Waals surface area contributed by atoms with Gasteiger partial charge in [0.05, 0.1) is 13.0 Å². The van der Waals surface area contributed by atoms with Crippen LogP contribution in [0.5, 0.6) is 0 Å². The summed E-state index contributed by atoms with van der Waals surface area (Å²) in [4.78, 5) is 10.4. The minimum absolute atomic E-state index is 0.0902. The van der Waals surface area contributed by atoms with Gasteiger partial charge in [0.2, 0.25) is 0 Å². The second kappa shape index (κ2) is 4.25. The molecule has 2 N–H and O–H groups in total. The van der Waals surface area contributed by atoms with Crippen molar-refractivity contribution in [1.29, 1.82) is 0 Å². The molecule has 0 amide bonds. The van der Waals surface area contributed by atoms with Crippen LogP contribution in [0.1, 0.15) is 11.1 Å². The summed E-state index contributed by atoms with van der Waals surface area (Å²) in [6.45, 7) is -0.191. The maximum Gasteiger partial charge on any atom is 0.307 e. The van der Waals surface area contributed by atoms with Crippen LogP contribution >= 0.6 is 11.6 Å². The molecule has 0 saturated carbocycles. The number of carbonyl (C=O) groups is 1. The van der Waals surface area contributed by atoms with E-state index < -0.39 is 5.97 Å². The number of hydrogen-bond acceptors (Lipinski definition) is 2. The van der Waals surface area contributed by atoms with Gasteiger partial charge in [-0.25, -0.2) is 0 Å². The molecule has 0 atom stereocenters. The second-order valence-electron chi connectivity index (χ2n) is 2.64. The van der Waals surface area contributed by atoms with E-state index in [0.717, 1.165) is 0 Å². The summed E-state index contributed by atoms with van der Waals surface area (Å²) in [5, 5.41) is 17.9. The Bertz CT molecular complexity index is 323. The molecule has 1 aromatic carbocycles. The molecule has 1 aromatic rings.